The summed E-state index contributed by atoms with van der Waals surface area (Å²) >= 11 is 7.97. The number of hydrogen-bond donors (Lipinski definition) is 1. The van der Waals surface area contributed by atoms with Crippen LogP contribution in [0.5, 0.6) is 0 Å². The van der Waals surface area contributed by atoms with Crippen LogP contribution in [0, 0.1) is 5.82 Å². The fourth-order valence-corrected chi connectivity index (χ4v) is 4.06. The Morgan fingerprint density at radius 3 is 2.69 bits per heavy atom. The molecule has 2 aromatic carbocycles. The van der Waals surface area contributed by atoms with E-state index in [1.807, 2.05) is 6.07 Å². The Morgan fingerprint density at radius 1 is 1.00 bits per heavy atom. The number of rotatable bonds is 6. The fraction of sp³-hybridized carbons (Fsp3) is 0.143. The summed E-state index contributed by atoms with van der Waals surface area (Å²) in [7, 11) is 0. The van der Waals surface area contributed by atoms with Crippen LogP contribution < -0.4 is 5.32 Å². The lowest BCUT2D eigenvalue weighted by molar-refractivity contribution is 0.626. The first-order chi connectivity index (χ1) is 12.7. The van der Waals surface area contributed by atoms with E-state index in [0.717, 1.165) is 24.2 Å². The average molecular weight is 385 g/mol. The van der Waals surface area contributed by atoms with Crippen molar-refractivity contribution in [1.82, 2.24) is 9.88 Å². The third-order valence-corrected chi connectivity index (χ3v) is 5.65. The minimum absolute atomic E-state index is 0.311. The van der Waals surface area contributed by atoms with E-state index in [-0.39, 0.29) is 5.82 Å². The van der Waals surface area contributed by atoms with Crippen LogP contribution in [0.15, 0.2) is 66.2 Å². The number of benzene rings is 2. The molecule has 132 valence electrons. The van der Waals surface area contributed by atoms with Crippen molar-refractivity contribution in [3.63, 3.8) is 0 Å². The van der Waals surface area contributed by atoms with Crippen LogP contribution >= 0.6 is 22.9 Å². The minimum atomic E-state index is -0.311. The molecular formula is C21H18ClFN2S. The van der Waals surface area contributed by atoms with E-state index in [1.54, 1.807) is 17.4 Å². The highest BCUT2D eigenvalue weighted by molar-refractivity contribution is 7.09. The van der Waals surface area contributed by atoms with E-state index in [4.69, 9.17) is 11.6 Å². The van der Waals surface area contributed by atoms with Gasteiger partial charge >= 0.3 is 0 Å². The normalized spacial score (nSPS) is 11.3. The van der Waals surface area contributed by atoms with Gasteiger partial charge in [-0.2, -0.15) is 0 Å². The molecule has 2 heterocycles. The molecule has 0 fully saturated rings. The summed E-state index contributed by atoms with van der Waals surface area (Å²) in [5, 5.41) is 7.29. The van der Waals surface area contributed by atoms with Crippen molar-refractivity contribution in [3.8, 4) is 0 Å². The summed E-state index contributed by atoms with van der Waals surface area (Å²) in [6, 6.07) is 17.1. The Hall–Kier alpha value is -2.14. The van der Waals surface area contributed by atoms with Crippen LogP contribution in [-0.2, 0) is 19.6 Å². The number of nitrogens with one attached hydrogen (secondary N) is 1. The molecule has 0 saturated carbocycles. The van der Waals surface area contributed by atoms with E-state index in [1.165, 1.54) is 28.0 Å². The second-order valence-electron chi connectivity index (χ2n) is 6.22. The average Bonchev–Trinajstić information content (AvgIpc) is 3.26. The molecule has 2 aromatic heterocycles. The zero-order valence-electron chi connectivity index (χ0n) is 14.1. The SMILES string of the molecule is Fc1ccc(Cn2cc(CNCc3cccs3)c3ccccc32)c(Cl)c1. The third-order valence-electron chi connectivity index (χ3n) is 4.42. The Balaban J connectivity index is 1.59. The second kappa shape index (κ2) is 7.62. The highest BCUT2D eigenvalue weighted by Gasteiger charge is 2.10. The van der Waals surface area contributed by atoms with Gasteiger partial charge in [0.1, 0.15) is 5.82 Å². The Kier molecular flexibility index (Phi) is 5.07. The van der Waals surface area contributed by atoms with Gasteiger partial charge in [0.2, 0.25) is 0 Å². The van der Waals surface area contributed by atoms with Gasteiger partial charge in [-0.1, -0.05) is 41.9 Å². The first-order valence-electron chi connectivity index (χ1n) is 8.44. The molecule has 4 aromatic rings. The predicted molar refractivity (Wildman–Crippen MR) is 107 cm³/mol. The van der Waals surface area contributed by atoms with Gasteiger partial charge in [0, 0.05) is 46.6 Å². The number of halogens is 2. The van der Waals surface area contributed by atoms with E-state index < -0.39 is 0 Å². The number of hydrogen-bond acceptors (Lipinski definition) is 2. The molecular weight excluding hydrogens is 367 g/mol. The van der Waals surface area contributed by atoms with Crippen LogP contribution in [0.1, 0.15) is 16.0 Å². The van der Waals surface area contributed by atoms with E-state index in [0.29, 0.717) is 11.6 Å². The first-order valence-corrected chi connectivity index (χ1v) is 9.70. The minimum Gasteiger partial charge on any atom is -0.343 e. The molecule has 0 aliphatic carbocycles. The molecule has 4 rings (SSSR count). The summed E-state index contributed by atoms with van der Waals surface area (Å²) in [4.78, 5) is 1.33. The maximum absolute atomic E-state index is 13.3. The topological polar surface area (TPSA) is 17.0 Å². The fourth-order valence-electron chi connectivity index (χ4n) is 3.16. The van der Waals surface area contributed by atoms with Gasteiger partial charge < -0.3 is 9.88 Å². The Labute approximate surface area is 160 Å². The number of para-hydroxylation sites is 1. The van der Waals surface area contributed by atoms with Crippen molar-refractivity contribution < 1.29 is 4.39 Å². The summed E-state index contributed by atoms with van der Waals surface area (Å²) in [6.07, 6.45) is 2.16. The van der Waals surface area contributed by atoms with Gasteiger partial charge in [-0.15, -0.1) is 11.3 Å². The van der Waals surface area contributed by atoms with Gasteiger partial charge in [0.25, 0.3) is 0 Å². The molecule has 0 radical (unpaired) electrons. The molecule has 0 saturated heterocycles. The standard InChI is InChI=1S/C21H18ClFN2S/c22-20-10-17(23)8-7-15(20)13-25-14-16(19-5-1-2-6-21(19)25)11-24-12-18-4-3-9-26-18/h1-10,14,24H,11-13H2. The second-order valence-corrected chi connectivity index (χ2v) is 7.66. The third kappa shape index (κ3) is 3.68. The molecule has 26 heavy (non-hydrogen) atoms. The molecule has 1 N–H and O–H groups in total. The van der Waals surface area contributed by atoms with Crippen molar-refractivity contribution in [2.75, 3.05) is 0 Å². The number of fused-ring (bicyclic) bond motifs is 1. The molecule has 0 aliphatic heterocycles. The van der Waals surface area contributed by atoms with E-state index in [9.17, 15) is 4.39 Å². The summed E-state index contributed by atoms with van der Waals surface area (Å²) < 4.78 is 15.5. The zero-order chi connectivity index (χ0) is 17.9. The van der Waals surface area contributed by atoms with Crippen LogP contribution in [0.25, 0.3) is 10.9 Å². The van der Waals surface area contributed by atoms with Crippen molar-refractivity contribution in [1.29, 1.82) is 0 Å². The molecule has 5 heteroatoms. The van der Waals surface area contributed by atoms with Crippen molar-refractivity contribution in [2.24, 2.45) is 0 Å². The Bertz CT molecular complexity index is 1020. The highest BCUT2D eigenvalue weighted by atomic mass is 35.5. The molecule has 0 aliphatic rings. The molecule has 0 bridgehead atoms. The summed E-state index contributed by atoms with van der Waals surface area (Å²) in [5.74, 6) is -0.311. The lowest BCUT2D eigenvalue weighted by atomic mass is 10.2. The van der Waals surface area contributed by atoms with E-state index >= 15 is 0 Å². The van der Waals surface area contributed by atoms with Crippen LogP contribution in [0.3, 0.4) is 0 Å². The monoisotopic (exact) mass is 384 g/mol. The van der Waals surface area contributed by atoms with Gasteiger partial charge in [-0.05, 0) is 40.8 Å². The lowest BCUT2D eigenvalue weighted by Crippen LogP contribution is -2.11. The largest absolute Gasteiger partial charge is 0.343 e. The summed E-state index contributed by atoms with van der Waals surface area (Å²) in [5.41, 5.74) is 3.31. The lowest BCUT2D eigenvalue weighted by Gasteiger charge is -2.07. The molecule has 2 nitrogen and oxygen atoms in total. The van der Waals surface area contributed by atoms with Gasteiger partial charge in [-0.25, -0.2) is 4.39 Å². The van der Waals surface area contributed by atoms with Gasteiger partial charge in [0.15, 0.2) is 0 Å². The smallest absolute Gasteiger partial charge is 0.124 e. The van der Waals surface area contributed by atoms with E-state index in [2.05, 4.69) is 51.8 Å². The first kappa shape index (κ1) is 17.3. The maximum Gasteiger partial charge on any atom is 0.124 e. The van der Waals surface area contributed by atoms with Crippen molar-refractivity contribution in [3.05, 3.63) is 93.0 Å². The maximum atomic E-state index is 13.3. The highest BCUT2D eigenvalue weighted by Crippen LogP contribution is 2.25. The molecule has 0 atom stereocenters. The van der Waals surface area contributed by atoms with Crippen LogP contribution in [0.4, 0.5) is 4.39 Å². The number of nitrogens with zero attached hydrogens (tertiary/aromatic N) is 1. The Morgan fingerprint density at radius 2 is 1.88 bits per heavy atom. The number of thiophene rings is 1. The molecule has 0 amide bonds. The van der Waals surface area contributed by atoms with Crippen molar-refractivity contribution in [2.45, 2.75) is 19.6 Å². The quantitative estimate of drug-likeness (QED) is 0.442. The van der Waals surface area contributed by atoms with Crippen molar-refractivity contribution >= 4 is 33.8 Å². The molecule has 0 spiro atoms. The van der Waals surface area contributed by atoms with Crippen LogP contribution in [0.2, 0.25) is 5.02 Å². The predicted octanol–water partition coefficient (Wildman–Crippen LogP) is 5.83. The summed E-state index contributed by atoms with van der Waals surface area (Å²) in [6.45, 7) is 2.27. The zero-order valence-corrected chi connectivity index (χ0v) is 15.7. The van der Waals surface area contributed by atoms with Crippen LogP contribution in [-0.4, -0.2) is 4.57 Å². The molecule has 0 unspecified atom stereocenters. The van der Waals surface area contributed by atoms with Gasteiger partial charge in [0.05, 0.1) is 0 Å². The number of aromatic nitrogens is 1. The van der Waals surface area contributed by atoms with Gasteiger partial charge in [-0.3, -0.25) is 0 Å².